The lowest BCUT2D eigenvalue weighted by Gasteiger charge is -2.12. The zero-order valence-corrected chi connectivity index (χ0v) is 14.0. The van der Waals surface area contributed by atoms with Crippen molar-refractivity contribution < 1.29 is 4.21 Å². The number of hydrogen-bond donors (Lipinski definition) is 0. The van der Waals surface area contributed by atoms with Crippen molar-refractivity contribution >= 4 is 45.2 Å². The van der Waals surface area contributed by atoms with Crippen LogP contribution >= 0.6 is 23.2 Å². The lowest BCUT2D eigenvalue weighted by Crippen LogP contribution is -2.14. The number of fused-ring (bicyclic) bond motifs is 1. The number of pyridine rings is 1. The molecular formula is C13H17Cl2N3OS. The van der Waals surface area contributed by atoms with Gasteiger partial charge in [-0.05, 0) is 19.4 Å². The number of alkyl halides is 1. The number of halogens is 2. The molecule has 20 heavy (non-hydrogen) atoms. The third-order valence-corrected chi connectivity index (χ3v) is 5.03. The molecule has 0 saturated carbocycles. The van der Waals surface area contributed by atoms with Gasteiger partial charge in [-0.2, -0.15) is 0 Å². The van der Waals surface area contributed by atoms with Gasteiger partial charge in [-0.25, -0.2) is 9.97 Å². The molecule has 0 aromatic carbocycles. The van der Waals surface area contributed by atoms with Crippen molar-refractivity contribution in [3.63, 3.8) is 0 Å². The summed E-state index contributed by atoms with van der Waals surface area (Å²) in [6.45, 7) is 4.55. The minimum absolute atomic E-state index is 0.123. The van der Waals surface area contributed by atoms with E-state index in [1.807, 2.05) is 18.4 Å². The largest absolute Gasteiger partial charge is 0.311 e. The van der Waals surface area contributed by atoms with E-state index in [4.69, 9.17) is 23.2 Å². The summed E-state index contributed by atoms with van der Waals surface area (Å²) in [5.41, 5.74) is 1.51. The molecule has 0 bridgehead atoms. The fourth-order valence-corrected chi connectivity index (χ4v) is 2.76. The molecule has 7 heteroatoms. The minimum atomic E-state index is -0.835. The van der Waals surface area contributed by atoms with Crippen molar-refractivity contribution in [1.29, 1.82) is 0 Å². The summed E-state index contributed by atoms with van der Waals surface area (Å²) >= 11 is 12.1. The van der Waals surface area contributed by atoms with Crippen molar-refractivity contribution in [1.82, 2.24) is 14.5 Å². The van der Waals surface area contributed by atoms with E-state index < -0.39 is 10.8 Å². The number of nitrogens with zero attached hydrogens (tertiary/aromatic N) is 3. The average molecular weight is 334 g/mol. The highest BCUT2D eigenvalue weighted by Crippen LogP contribution is 2.25. The zero-order chi connectivity index (χ0) is 14.9. The molecule has 0 amide bonds. The quantitative estimate of drug-likeness (QED) is 0.786. The summed E-state index contributed by atoms with van der Waals surface area (Å²) in [5.74, 6) is 0.769. The lowest BCUT2D eigenvalue weighted by molar-refractivity contribution is 0.605. The van der Waals surface area contributed by atoms with E-state index in [9.17, 15) is 4.21 Å². The molecular weight excluding hydrogens is 317 g/mol. The highest BCUT2D eigenvalue weighted by Gasteiger charge is 2.17. The zero-order valence-electron chi connectivity index (χ0n) is 11.6. The fourth-order valence-electron chi connectivity index (χ4n) is 2.00. The van der Waals surface area contributed by atoms with Crippen molar-refractivity contribution in [3.05, 3.63) is 23.1 Å². The SMILES string of the molecule is CC(Cl)c1nc2cc(Cl)cnc2n1CCC(C)S(C)=O. The summed E-state index contributed by atoms with van der Waals surface area (Å²) < 4.78 is 13.5. The number of aromatic nitrogens is 3. The van der Waals surface area contributed by atoms with Crippen LogP contribution in [0.25, 0.3) is 11.2 Å². The minimum Gasteiger partial charge on any atom is -0.311 e. The van der Waals surface area contributed by atoms with E-state index in [2.05, 4.69) is 9.97 Å². The molecule has 2 aromatic rings. The predicted molar refractivity (Wildman–Crippen MR) is 85.0 cm³/mol. The molecule has 3 atom stereocenters. The maximum absolute atomic E-state index is 11.5. The molecule has 0 radical (unpaired) electrons. The first-order valence-electron chi connectivity index (χ1n) is 6.38. The van der Waals surface area contributed by atoms with E-state index in [1.165, 1.54) is 0 Å². The molecule has 2 heterocycles. The molecule has 0 saturated heterocycles. The normalized spacial score (nSPS) is 16.2. The summed E-state index contributed by atoms with van der Waals surface area (Å²) in [5, 5.41) is 0.461. The van der Waals surface area contributed by atoms with Crippen LogP contribution in [0.5, 0.6) is 0 Å². The molecule has 4 nitrogen and oxygen atoms in total. The Morgan fingerprint density at radius 3 is 2.75 bits per heavy atom. The summed E-state index contributed by atoms with van der Waals surface area (Å²) in [6, 6.07) is 1.78. The number of imidazole rings is 1. The van der Waals surface area contributed by atoms with Gasteiger partial charge >= 0.3 is 0 Å². The Bertz CT molecular complexity index is 642. The molecule has 0 aliphatic rings. The first-order chi connectivity index (χ1) is 9.40. The molecule has 0 fully saturated rings. The van der Waals surface area contributed by atoms with Crippen LogP contribution < -0.4 is 0 Å². The van der Waals surface area contributed by atoms with Crippen LogP contribution in [-0.2, 0) is 17.3 Å². The molecule has 2 rings (SSSR count). The van der Waals surface area contributed by atoms with E-state index in [0.29, 0.717) is 11.6 Å². The van der Waals surface area contributed by atoms with Crippen LogP contribution in [0.4, 0.5) is 0 Å². The smallest absolute Gasteiger partial charge is 0.160 e. The average Bonchev–Trinajstić information content (AvgIpc) is 2.73. The van der Waals surface area contributed by atoms with Crippen molar-refractivity contribution in [2.75, 3.05) is 6.26 Å². The van der Waals surface area contributed by atoms with Crippen molar-refractivity contribution in [2.45, 2.75) is 37.4 Å². The fraction of sp³-hybridized carbons (Fsp3) is 0.538. The van der Waals surface area contributed by atoms with E-state index in [-0.39, 0.29) is 10.6 Å². The van der Waals surface area contributed by atoms with Gasteiger partial charge in [0.2, 0.25) is 0 Å². The molecule has 0 N–H and O–H groups in total. The Labute approximate surface area is 131 Å². The van der Waals surface area contributed by atoms with Gasteiger partial charge in [0.05, 0.1) is 10.4 Å². The summed E-state index contributed by atoms with van der Waals surface area (Å²) in [7, 11) is -0.835. The monoisotopic (exact) mass is 333 g/mol. The standard InChI is InChI=1S/C13H17Cl2N3OS/c1-8(20(3)19)4-5-18-12(9(2)14)17-11-6-10(15)7-16-13(11)18/h6-9H,4-5H2,1-3H3. The topological polar surface area (TPSA) is 47.8 Å². The van der Waals surface area contributed by atoms with Crippen molar-refractivity contribution in [2.24, 2.45) is 0 Å². The summed E-state index contributed by atoms with van der Waals surface area (Å²) in [4.78, 5) is 8.84. The number of rotatable bonds is 5. The van der Waals surface area contributed by atoms with Gasteiger partial charge in [-0.3, -0.25) is 4.21 Å². The first-order valence-corrected chi connectivity index (χ1v) is 8.81. The Kier molecular flexibility index (Phi) is 5.04. The van der Waals surface area contributed by atoms with Crippen LogP contribution in [-0.4, -0.2) is 30.2 Å². The Morgan fingerprint density at radius 1 is 1.45 bits per heavy atom. The van der Waals surface area contributed by atoms with Crippen molar-refractivity contribution in [3.8, 4) is 0 Å². The Morgan fingerprint density at radius 2 is 2.15 bits per heavy atom. The molecule has 0 aliphatic heterocycles. The van der Waals surface area contributed by atoms with Crippen LogP contribution in [0.2, 0.25) is 5.02 Å². The first kappa shape index (κ1) is 15.7. The van der Waals surface area contributed by atoms with Crippen LogP contribution in [0.1, 0.15) is 31.5 Å². The van der Waals surface area contributed by atoms with Gasteiger partial charge < -0.3 is 4.57 Å². The highest BCUT2D eigenvalue weighted by atomic mass is 35.5. The van der Waals surface area contributed by atoms with Gasteiger partial charge in [0.25, 0.3) is 0 Å². The van der Waals surface area contributed by atoms with Gasteiger partial charge in [0.1, 0.15) is 11.3 Å². The summed E-state index contributed by atoms with van der Waals surface area (Å²) in [6.07, 6.45) is 4.11. The number of hydrogen-bond acceptors (Lipinski definition) is 3. The van der Waals surface area contributed by atoms with Gasteiger partial charge in [-0.15, -0.1) is 11.6 Å². The molecule has 0 aliphatic carbocycles. The third kappa shape index (κ3) is 3.32. The van der Waals surface area contributed by atoms with Gasteiger partial charge in [0, 0.05) is 35.0 Å². The van der Waals surface area contributed by atoms with Gasteiger partial charge in [-0.1, -0.05) is 18.5 Å². The second-order valence-corrected chi connectivity index (χ2v) is 7.72. The predicted octanol–water partition coefficient (Wildman–Crippen LogP) is 3.54. The third-order valence-electron chi connectivity index (χ3n) is 3.26. The van der Waals surface area contributed by atoms with Gasteiger partial charge in [0.15, 0.2) is 5.65 Å². The highest BCUT2D eigenvalue weighted by molar-refractivity contribution is 7.84. The van der Waals surface area contributed by atoms with Crippen LogP contribution in [0, 0.1) is 0 Å². The lowest BCUT2D eigenvalue weighted by atomic mass is 10.3. The second-order valence-electron chi connectivity index (χ2n) is 4.83. The molecule has 3 unspecified atom stereocenters. The van der Waals surface area contributed by atoms with E-state index in [0.717, 1.165) is 23.4 Å². The maximum Gasteiger partial charge on any atom is 0.160 e. The molecule has 110 valence electrons. The van der Waals surface area contributed by atoms with E-state index in [1.54, 1.807) is 18.5 Å². The maximum atomic E-state index is 11.5. The van der Waals surface area contributed by atoms with Crippen LogP contribution in [0.15, 0.2) is 12.3 Å². The Balaban J connectivity index is 2.38. The second kappa shape index (κ2) is 6.41. The molecule has 2 aromatic heterocycles. The number of aryl methyl sites for hydroxylation is 1. The van der Waals surface area contributed by atoms with E-state index >= 15 is 0 Å². The molecule has 0 spiro atoms. The van der Waals surface area contributed by atoms with Crippen LogP contribution in [0.3, 0.4) is 0 Å². The Hall–Kier alpha value is -0.650.